The molecule has 3 rings (SSSR count). The van der Waals surface area contributed by atoms with Gasteiger partial charge in [-0.1, -0.05) is 0 Å². The zero-order valence-corrected chi connectivity index (χ0v) is 4.31. The van der Waals surface area contributed by atoms with Crippen LogP contribution in [0.15, 0.2) is 0 Å². The van der Waals surface area contributed by atoms with Crippen molar-refractivity contribution in [1.82, 2.24) is 10.2 Å². The number of nitrogens with zero attached hydrogens (tertiary/aromatic N) is 2. The lowest BCUT2D eigenvalue weighted by molar-refractivity contribution is 1.02. The molecule has 0 aromatic carbocycles. The summed E-state index contributed by atoms with van der Waals surface area (Å²) >= 11 is 0. The molecular weight excluding hydrogens is 100 g/mol. The highest BCUT2D eigenvalue weighted by atomic mass is 15.1. The van der Waals surface area contributed by atoms with Crippen LogP contribution in [0.2, 0.25) is 0 Å². The summed E-state index contributed by atoms with van der Waals surface area (Å²) in [6.45, 7) is 0. The molecule has 1 aromatic heterocycles. The molecule has 0 spiro atoms. The van der Waals surface area contributed by atoms with Gasteiger partial charge in [-0.25, -0.2) is 0 Å². The van der Waals surface area contributed by atoms with Gasteiger partial charge in [-0.15, -0.1) is 0 Å². The molecule has 2 heteroatoms. The zero-order chi connectivity index (χ0) is 5.14. The molecule has 2 nitrogen and oxygen atoms in total. The van der Waals surface area contributed by atoms with Crippen molar-refractivity contribution in [1.29, 1.82) is 0 Å². The maximum absolute atomic E-state index is 3.97. The van der Waals surface area contributed by atoms with Crippen LogP contribution in [0.3, 0.4) is 0 Å². The van der Waals surface area contributed by atoms with Gasteiger partial charge in [-0.05, 0) is 11.1 Å². The molecule has 2 aliphatic carbocycles. The minimum atomic E-state index is 1.13. The predicted molar refractivity (Wildman–Crippen MR) is 27.6 cm³/mol. The van der Waals surface area contributed by atoms with Crippen LogP contribution >= 0.6 is 0 Å². The lowest BCUT2D eigenvalue weighted by Crippen LogP contribution is -1.72. The van der Waals surface area contributed by atoms with E-state index in [1.165, 1.54) is 22.5 Å². The van der Waals surface area contributed by atoms with Gasteiger partial charge in [0.2, 0.25) is 0 Å². The van der Waals surface area contributed by atoms with E-state index in [2.05, 4.69) is 10.2 Å². The first-order chi connectivity index (χ1) is 3.95. The molecule has 0 atom stereocenters. The molecule has 8 heavy (non-hydrogen) atoms. The summed E-state index contributed by atoms with van der Waals surface area (Å²) in [6.07, 6.45) is 2.25. The summed E-state index contributed by atoms with van der Waals surface area (Å²) in [5.41, 5.74) is 5.47. The first-order valence-electron chi connectivity index (χ1n) is 2.81. The fourth-order valence-electron chi connectivity index (χ4n) is 1.12. The van der Waals surface area contributed by atoms with Gasteiger partial charge in [0.25, 0.3) is 0 Å². The van der Waals surface area contributed by atoms with E-state index >= 15 is 0 Å². The van der Waals surface area contributed by atoms with E-state index in [0.29, 0.717) is 0 Å². The molecule has 1 heterocycles. The highest BCUT2D eigenvalue weighted by Gasteiger charge is 2.33. The maximum atomic E-state index is 3.97. The summed E-state index contributed by atoms with van der Waals surface area (Å²) in [7, 11) is 0. The van der Waals surface area contributed by atoms with Crippen LogP contribution in [0.4, 0.5) is 0 Å². The van der Waals surface area contributed by atoms with Gasteiger partial charge in [0.05, 0.1) is 11.4 Å². The standard InChI is InChI=1S/C6H4N2/c1-3-4-2-6(4)8-7-5(1)3/h1-2H2. The lowest BCUT2D eigenvalue weighted by Gasteiger charge is -1.67. The van der Waals surface area contributed by atoms with E-state index in [9.17, 15) is 0 Å². The van der Waals surface area contributed by atoms with Crippen LogP contribution in [-0.4, -0.2) is 10.2 Å². The number of aromatic nitrogens is 2. The zero-order valence-electron chi connectivity index (χ0n) is 4.31. The van der Waals surface area contributed by atoms with E-state index in [-0.39, 0.29) is 0 Å². The third kappa shape index (κ3) is 0.210. The van der Waals surface area contributed by atoms with Gasteiger partial charge in [-0.3, -0.25) is 0 Å². The quantitative estimate of drug-likeness (QED) is 0.409. The monoisotopic (exact) mass is 104 g/mol. The van der Waals surface area contributed by atoms with E-state index < -0.39 is 0 Å². The average Bonchev–Trinajstić information content (AvgIpc) is 2.59. The minimum Gasteiger partial charge on any atom is -0.155 e. The predicted octanol–water partition coefficient (Wildman–Crippen LogP) is 0.285. The molecule has 1 aromatic rings. The average molecular weight is 104 g/mol. The third-order valence-corrected chi connectivity index (χ3v) is 1.79. The number of hydrogen-bond acceptors (Lipinski definition) is 2. The van der Waals surface area contributed by atoms with Crippen molar-refractivity contribution in [2.45, 2.75) is 12.8 Å². The van der Waals surface area contributed by atoms with E-state index in [1.54, 1.807) is 0 Å². The van der Waals surface area contributed by atoms with Crippen LogP contribution in [0, 0.1) is 0 Å². The van der Waals surface area contributed by atoms with Crippen LogP contribution in [0.25, 0.3) is 0 Å². The molecule has 38 valence electrons. The Morgan fingerprint density at radius 2 is 1.38 bits per heavy atom. The van der Waals surface area contributed by atoms with Gasteiger partial charge in [0.1, 0.15) is 0 Å². The Hall–Kier alpha value is -0.920. The maximum Gasteiger partial charge on any atom is 0.0714 e. The molecule has 0 bridgehead atoms. The van der Waals surface area contributed by atoms with Crippen LogP contribution in [0.1, 0.15) is 22.5 Å². The fraction of sp³-hybridized carbons (Fsp3) is 0.333. The Kier molecular flexibility index (Phi) is 0.274. The summed E-state index contributed by atoms with van der Waals surface area (Å²) in [4.78, 5) is 0. The van der Waals surface area contributed by atoms with Gasteiger partial charge >= 0.3 is 0 Å². The third-order valence-electron chi connectivity index (χ3n) is 1.79. The normalized spacial score (nSPS) is 17.0. The molecule has 0 N–H and O–H groups in total. The summed E-state index contributed by atoms with van der Waals surface area (Å²) in [5, 5.41) is 7.95. The Bertz CT molecular complexity index is 249. The molecule has 0 fully saturated rings. The molecule has 0 unspecified atom stereocenters. The van der Waals surface area contributed by atoms with E-state index in [4.69, 9.17) is 0 Å². The first-order valence-corrected chi connectivity index (χ1v) is 2.81. The van der Waals surface area contributed by atoms with E-state index in [0.717, 1.165) is 12.8 Å². The second kappa shape index (κ2) is 0.690. The largest absolute Gasteiger partial charge is 0.155 e. The summed E-state index contributed by atoms with van der Waals surface area (Å²) < 4.78 is 0. The summed E-state index contributed by atoms with van der Waals surface area (Å²) in [5.74, 6) is 0. The fourth-order valence-corrected chi connectivity index (χ4v) is 1.12. The van der Waals surface area contributed by atoms with Crippen LogP contribution < -0.4 is 0 Å². The highest BCUT2D eigenvalue weighted by Crippen LogP contribution is 2.38. The first kappa shape index (κ1) is 3.17. The SMILES string of the molecule is C1c2nnc3c(c21)C3. The van der Waals surface area contributed by atoms with Gasteiger partial charge in [-0.2, -0.15) is 10.2 Å². The second-order valence-corrected chi connectivity index (χ2v) is 2.40. The van der Waals surface area contributed by atoms with Gasteiger partial charge < -0.3 is 0 Å². The van der Waals surface area contributed by atoms with Crippen molar-refractivity contribution in [2.24, 2.45) is 0 Å². The Labute approximate surface area is 46.6 Å². The van der Waals surface area contributed by atoms with Crippen molar-refractivity contribution >= 4 is 0 Å². The van der Waals surface area contributed by atoms with Gasteiger partial charge in [0.15, 0.2) is 0 Å². The number of fused-ring (bicyclic) bond motifs is 3. The molecule has 0 saturated carbocycles. The lowest BCUT2D eigenvalue weighted by atomic mass is 10.5. The van der Waals surface area contributed by atoms with Crippen LogP contribution in [0.5, 0.6) is 0 Å². The minimum absolute atomic E-state index is 1.13. The van der Waals surface area contributed by atoms with E-state index in [1.807, 2.05) is 0 Å². The number of rotatable bonds is 0. The van der Waals surface area contributed by atoms with Crippen molar-refractivity contribution in [3.63, 3.8) is 0 Å². The summed E-state index contributed by atoms with van der Waals surface area (Å²) in [6, 6.07) is 0. The smallest absolute Gasteiger partial charge is 0.0714 e. The van der Waals surface area contributed by atoms with Crippen molar-refractivity contribution < 1.29 is 0 Å². The topological polar surface area (TPSA) is 25.8 Å². The van der Waals surface area contributed by atoms with Crippen molar-refractivity contribution in [2.75, 3.05) is 0 Å². The second-order valence-electron chi connectivity index (χ2n) is 2.40. The molecule has 0 aliphatic heterocycles. The van der Waals surface area contributed by atoms with Crippen LogP contribution in [-0.2, 0) is 12.8 Å². The Morgan fingerprint density at radius 3 is 1.88 bits per heavy atom. The highest BCUT2D eigenvalue weighted by molar-refractivity contribution is 5.55. The van der Waals surface area contributed by atoms with Crippen molar-refractivity contribution in [3.05, 3.63) is 22.5 Å². The molecular formula is C6H4N2. The number of hydrogen-bond donors (Lipinski definition) is 0. The van der Waals surface area contributed by atoms with Crippen molar-refractivity contribution in [3.8, 4) is 0 Å². The molecule has 0 saturated heterocycles. The Morgan fingerprint density at radius 1 is 0.875 bits per heavy atom. The molecule has 0 radical (unpaired) electrons. The molecule has 0 amide bonds. The van der Waals surface area contributed by atoms with Gasteiger partial charge in [0, 0.05) is 12.8 Å². The Balaban J connectivity index is 2.55. The molecule has 2 aliphatic rings.